The van der Waals surface area contributed by atoms with Crippen molar-refractivity contribution in [2.24, 2.45) is 0 Å². The molecule has 5 heteroatoms. The second-order valence-electron chi connectivity index (χ2n) is 3.93. The number of terminal acetylenes is 1. The highest BCUT2D eigenvalue weighted by Crippen LogP contribution is 2.05. The van der Waals surface area contributed by atoms with Gasteiger partial charge in [-0.2, -0.15) is 0 Å². The molecule has 0 aromatic heterocycles. The molecule has 0 saturated carbocycles. The molecule has 0 aliphatic heterocycles. The number of hydrogen-bond donors (Lipinski definition) is 1. The second-order valence-corrected chi connectivity index (χ2v) is 3.93. The third-order valence-corrected chi connectivity index (χ3v) is 2.37. The van der Waals surface area contributed by atoms with E-state index >= 15 is 0 Å². The highest BCUT2D eigenvalue weighted by molar-refractivity contribution is 5.76. The van der Waals surface area contributed by atoms with Crippen LogP contribution in [-0.4, -0.2) is 52.6 Å². The van der Waals surface area contributed by atoms with E-state index in [9.17, 15) is 9.59 Å². The molecule has 0 heterocycles. The number of aliphatic carboxylic acids is 1. The zero-order valence-electron chi connectivity index (χ0n) is 10.6. The Hall–Kier alpha value is -1.70. The predicted molar refractivity (Wildman–Crippen MR) is 65.6 cm³/mol. The van der Waals surface area contributed by atoms with E-state index in [0.717, 1.165) is 0 Å². The van der Waals surface area contributed by atoms with Gasteiger partial charge in [-0.15, -0.1) is 6.42 Å². The van der Waals surface area contributed by atoms with Gasteiger partial charge in [-0.3, -0.25) is 4.79 Å². The van der Waals surface area contributed by atoms with Crippen molar-refractivity contribution in [3.8, 4) is 12.3 Å². The highest BCUT2D eigenvalue weighted by Gasteiger charge is 2.22. The number of rotatable bonds is 6. The predicted octanol–water partition coefficient (Wildman–Crippen LogP) is 1.25. The number of carboxylic acid groups (broad SMARTS) is 1. The van der Waals surface area contributed by atoms with Crippen LogP contribution in [0.2, 0.25) is 0 Å². The van der Waals surface area contributed by atoms with Gasteiger partial charge in [0.15, 0.2) is 0 Å². The molecule has 17 heavy (non-hydrogen) atoms. The van der Waals surface area contributed by atoms with Crippen LogP contribution in [0, 0.1) is 12.3 Å². The first-order valence-electron chi connectivity index (χ1n) is 5.64. The Labute approximate surface area is 102 Å². The van der Waals surface area contributed by atoms with Crippen molar-refractivity contribution in [3.63, 3.8) is 0 Å². The molecule has 0 aliphatic rings. The van der Waals surface area contributed by atoms with Crippen LogP contribution in [0.5, 0.6) is 0 Å². The third kappa shape index (κ3) is 5.25. The van der Waals surface area contributed by atoms with Crippen LogP contribution in [0.15, 0.2) is 0 Å². The molecule has 0 radical (unpaired) electrons. The Morgan fingerprint density at radius 2 is 2.00 bits per heavy atom. The average molecular weight is 240 g/mol. The van der Waals surface area contributed by atoms with E-state index in [2.05, 4.69) is 5.92 Å². The quantitative estimate of drug-likeness (QED) is 0.711. The zero-order valence-corrected chi connectivity index (χ0v) is 10.6. The maximum absolute atomic E-state index is 12.1. The Morgan fingerprint density at radius 3 is 2.35 bits per heavy atom. The van der Waals surface area contributed by atoms with Gasteiger partial charge in [0.05, 0.1) is 13.0 Å². The lowest BCUT2D eigenvalue weighted by atomic mass is 10.3. The Balaban J connectivity index is 4.63. The molecule has 96 valence electrons. The molecule has 0 aromatic rings. The fourth-order valence-corrected chi connectivity index (χ4v) is 1.40. The Kier molecular flexibility index (Phi) is 6.80. The van der Waals surface area contributed by atoms with E-state index in [4.69, 9.17) is 11.5 Å². The van der Waals surface area contributed by atoms with Crippen molar-refractivity contribution < 1.29 is 14.7 Å². The summed E-state index contributed by atoms with van der Waals surface area (Å²) in [5, 5.41) is 8.64. The molecular formula is C12H20N2O3. The molecule has 1 N–H and O–H groups in total. The van der Waals surface area contributed by atoms with Gasteiger partial charge in [-0.25, -0.2) is 4.79 Å². The van der Waals surface area contributed by atoms with Crippen LogP contribution in [0.4, 0.5) is 4.79 Å². The first-order chi connectivity index (χ1) is 7.93. The van der Waals surface area contributed by atoms with Crippen LogP contribution in [-0.2, 0) is 4.79 Å². The van der Waals surface area contributed by atoms with Crippen molar-refractivity contribution in [1.82, 2.24) is 9.80 Å². The molecule has 0 atom stereocenters. The van der Waals surface area contributed by atoms with Gasteiger partial charge in [0.25, 0.3) is 0 Å². The lowest BCUT2D eigenvalue weighted by Gasteiger charge is -2.31. The zero-order chi connectivity index (χ0) is 13.4. The SMILES string of the molecule is C#CCN(CC)C(=O)N(CCC(=O)O)C(C)C. The highest BCUT2D eigenvalue weighted by atomic mass is 16.4. The topological polar surface area (TPSA) is 60.9 Å². The maximum atomic E-state index is 12.1. The minimum Gasteiger partial charge on any atom is -0.481 e. The van der Waals surface area contributed by atoms with Gasteiger partial charge in [0, 0.05) is 19.1 Å². The molecule has 0 fully saturated rings. The van der Waals surface area contributed by atoms with E-state index in [0.29, 0.717) is 6.54 Å². The molecule has 0 aromatic carbocycles. The normalized spacial score (nSPS) is 9.82. The molecule has 0 aliphatic carbocycles. The number of carbonyl (C=O) groups excluding carboxylic acids is 1. The summed E-state index contributed by atoms with van der Waals surface area (Å²) in [5.74, 6) is 1.51. The van der Waals surface area contributed by atoms with Crippen LogP contribution < -0.4 is 0 Å². The summed E-state index contributed by atoms with van der Waals surface area (Å²) < 4.78 is 0. The van der Waals surface area contributed by atoms with Crippen LogP contribution in [0.3, 0.4) is 0 Å². The number of amides is 2. The summed E-state index contributed by atoms with van der Waals surface area (Å²) >= 11 is 0. The van der Waals surface area contributed by atoms with E-state index in [-0.39, 0.29) is 31.6 Å². The number of carbonyl (C=O) groups is 2. The van der Waals surface area contributed by atoms with Gasteiger partial charge < -0.3 is 14.9 Å². The number of carboxylic acids is 1. The molecule has 0 spiro atoms. The van der Waals surface area contributed by atoms with Gasteiger partial charge >= 0.3 is 12.0 Å². The van der Waals surface area contributed by atoms with Gasteiger partial charge in [0.2, 0.25) is 0 Å². The number of hydrogen-bond acceptors (Lipinski definition) is 2. The Morgan fingerprint density at radius 1 is 1.41 bits per heavy atom. The summed E-state index contributed by atoms with van der Waals surface area (Å²) in [4.78, 5) is 25.7. The van der Waals surface area contributed by atoms with Crippen molar-refractivity contribution >= 4 is 12.0 Å². The van der Waals surface area contributed by atoms with E-state index in [1.807, 2.05) is 20.8 Å². The lowest BCUT2D eigenvalue weighted by Crippen LogP contribution is -2.47. The van der Waals surface area contributed by atoms with Gasteiger partial charge in [-0.05, 0) is 20.8 Å². The van der Waals surface area contributed by atoms with Crippen LogP contribution in [0.25, 0.3) is 0 Å². The van der Waals surface area contributed by atoms with Crippen molar-refractivity contribution in [2.75, 3.05) is 19.6 Å². The van der Waals surface area contributed by atoms with Crippen molar-refractivity contribution in [1.29, 1.82) is 0 Å². The van der Waals surface area contributed by atoms with E-state index in [1.54, 1.807) is 0 Å². The van der Waals surface area contributed by atoms with Crippen molar-refractivity contribution in [3.05, 3.63) is 0 Å². The molecule has 0 bridgehead atoms. The molecule has 0 rings (SSSR count). The standard InChI is InChI=1S/C12H20N2O3/c1-5-8-13(6-2)12(17)14(10(3)4)9-7-11(15)16/h1,10H,6-9H2,2-4H3,(H,15,16). The summed E-state index contributed by atoms with van der Waals surface area (Å²) in [6.45, 7) is 6.50. The first-order valence-corrected chi connectivity index (χ1v) is 5.64. The first kappa shape index (κ1) is 15.3. The fraction of sp³-hybridized carbons (Fsp3) is 0.667. The smallest absolute Gasteiger partial charge is 0.321 e. The average Bonchev–Trinajstić information content (AvgIpc) is 2.24. The lowest BCUT2D eigenvalue weighted by molar-refractivity contribution is -0.137. The van der Waals surface area contributed by atoms with Crippen LogP contribution >= 0.6 is 0 Å². The maximum Gasteiger partial charge on any atom is 0.321 e. The minimum absolute atomic E-state index is 0.0475. The molecule has 2 amide bonds. The third-order valence-electron chi connectivity index (χ3n) is 2.37. The fourth-order valence-electron chi connectivity index (χ4n) is 1.40. The summed E-state index contributed by atoms with van der Waals surface area (Å²) in [5.41, 5.74) is 0. The Bertz CT molecular complexity index is 307. The molecule has 0 unspecified atom stereocenters. The minimum atomic E-state index is -0.913. The largest absolute Gasteiger partial charge is 0.481 e. The number of nitrogens with zero attached hydrogens (tertiary/aromatic N) is 2. The van der Waals surface area contributed by atoms with Crippen molar-refractivity contribution in [2.45, 2.75) is 33.2 Å². The monoisotopic (exact) mass is 240 g/mol. The summed E-state index contributed by atoms with van der Waals surface area (Å²) in [7, 11) is 0. The van der Waals surface area contributed by atoms with Gasteiger partial charge in [0.1, 0.15) is 0 Å². The summed E-state index contributed by atoms with van der Waals surface area (Å²) in [6.07, 6.45) is 5.13. The van der Waals surface area contributed by atoms with Crippen LogP contribution in [0.1, 0.15) is 27.2 Å². The second kappa shape index (κ2) is 7.55. The molecule has 5 nitrogen and oxygen atoms in total. The van der Waals surface area contributed by atoms with E-state index in [1.165, 1.54) is 9.80 Å². The molecular weight excluding hydrogens is 220 g/mol. The van der Waals surface area contributed by atoms with E-state index < -0.39 is 5.97 Å². The number of urea groups is 1. The van der Waals surface area contributed by atoms with Gasteiger partial charge in [-0.1, -0.05) is 5.92 Å². The molecule has 0 saturated heterocycles. The summed E-state index contributed by atoms with van der Waals surface area (Å²) in [6, 6.07) is -0.254.